The fourth-order valence-electron chi connectivity index (χ4n) is 2.13. The first kappa shape index (κ1) is 12.0. The molecule has 17 heavy (non-hydrogen) atoms. The molecular weight excluding hydrogens is 219 g/mol. The first-order valence-electron chi connectivity index (χ1n) is 5.93. The van der Waals surface area contributed by atoms with Gasteiger partial charge in [-0.3, -0.25) is 4.79 Å². The minimum absolute atomic E-state index is 0.0757. The van der Waals surface area contributed by atoms with Crippen LogP contribution in [0.3, 0.4) is 0 Å². The van der Waals surface area contributed by atoms with Crippen LogP contribution >= 0.6 is 0 Å². The van der Waals surface area contributed by atoms with E-state index in [9.17, 15) is 9.18 Å². The van der Waals surface area contributed by atoms with E-state index in [2.05, 4.69) is 0 Å². The van der Waals surface area contributed by atoms with E-state index in [-0.39, 0.29) is 17.8 Å². The molecule has 2 N–H and O–H groups in total. The van der Waals surface area contributed by atoms with Crippen LogP contribution in [0.4, 0.5) is 4.39 Å². The molecule has 3 nitrogen and oxygen atoms in total. The van der Waals surface area contributed by atoms with Crippen molar-refractivity contribution in [2.45, 2.75) is 25.3 Å². The Labute approximate surface area is 100 Å². The molecule has 0 aromatic heterocycles. The van der Waals surface area contributed by atoms with Crippen molar-refractivity contribution in [3.63, 3.8) is 0 Å². The van der Waals surface area contributed by atoms with Gasteiger partial charge in [0.15, 0.2) is 0 Å². The summed E-state index contributed by atoms with van der Waals surface area (Å²) in [5.74, 6) is -0.201. The zero-order chi connectivity index (χ0) is 12.3. The first-order valence-corrected chi connectivity index (χ1v) is 5.93. The van der Waals surface area contributed by atoms with Gasteiger partial charge in [-0.15, -0.1) is 0 Å². The third-order valence-corrected chi connectivity index (χ3v) is 3.08. The van der Waals surface area contributed by atoms with Gasteiger partial charge in [-0.25, -0.2) is 4.39 Å². The lowest BCUT2D eigenvalue weighted by atomic mass is 10.1. The summed E-state index contributed by atoms with van der Waals surface area (Å²) in [5, 5.41) is 0. The van der Waals surface area contributed by atoms with E-state index >= 15 is 0 Å². The Kier molecular flexibility index (Phi) is 3.74. The topological polar surface area (TPSA) is 46.3 Å². The second-order valence-corrected chi connectivity index (χ2v) is 4.55. The Hall–Kier alpha value is -1.42. The smallest absolute Gasteiger partial charge is 0.227 e. The molecule has 1 fully saturated rings. The number of rotatable bonds is 2. The lowest BCUT2D eigenvalue weighted by molar-refractivity contribution is -0.131. The van der Waals surface area contributed by atoms with Crippen LogP contribution in [0, 0.1) is 5.82 Å². The zero-order valence-electron chi connectivity index (χ0n) is 9.73. The summed E-state index contributed by atoms with van der Waals surface area (Å²) in [6.07, 6.45) is 2.28. The van der Waals surface area contributed by atoms with E-state index < -0.39 is 0 Å². The molecule has 1 aliphatic rings. The van der Waals surface area contributed by atoms with E-state index in [4.69, 9.17) is 5.73 Å². The van der Waals surface area contributed by atoms with Crippen molar-refractivity contribution in [1.82, 2.24) is 4.90 Å². The fraction of sp³-hybridized carbons (Fsp3) is 0.462. The van der Waals surface area contributed by atoms with Gasteiger partial charge in [0.2, 0.25) is 5.91 Å². The van der Waals surface area contributed by atoms with E-state index in [0.717, 1.165) is 24.9 Å². The van der Waals surface area contributed by atoms with Crippen molar-refractivity contribution >= 4 is 5.91 Å². The van der Waals surface area contributed by atoms with Crippen molar-refractivity contribution < 1.29 is 9.18 Å². The van der Waals surface area contributed by atoms with Crippen LogP contribution < -0.4 is 5.73 Å². The van der Waals surface area contributed by atoms with Crippen LogP contribution in [0.25, 0.3) is 0 Å². The molecule has 1 amide bonds. The Morgan fingerprint density at radius 2 is 2.12 bits per heavy atom. The first-order chi connectivity index (χ1) is 8.15. The monoisotopic (exact) mass is 236 g/mol. The van der Waals surface area contributed by atoms with Crippen LogP contribution in [-0.2, 0) is 11.2 Å². The number of amides is 1. The molecule has 92 valence electrons. The predicted molar refractivity (Wildman–Crippen MR) is 63.9 cm³/mol. The lowest BCUT2D eigenvalue weighted by Gasteiger charge is -2.30. The van der Waals surface area contributed by atoms with Crippen molar-refractivity contribution in [3.8, 4) is 0 Å². The maximum atomic E-state index is 12.7. The van der Waals surface area contributed by atoms with Gasteiger partial charge in [-0.1, -0.05) is 12.1 Å². The minimum Gasteiger partial charge on any atom is -0.341 e. The normalized spacial score (nSPS) is 20.4. The molecule has 1 aromatic rings. The number of carbonyl (C=O) groups is 1. The number of benzene rings is 1. The number of nitrogens with zero attached hydrogens (tertiary/aromatic N) is 1. The highest BCUT2D eigenvalue weighted by Gasteiger charge is 2.20. The summed E-state index contributed by atoms with van der Waals surface area (Å²) in [7, 11) is 0. The number of carbonyl (C=O) groups excluding carboxylic acids is 1. The Morgan fingerprint density at radius 3 is 2.76 bits per heavy atom. The summed E-state index contributed by atoms with van der Waals surface area (Å²) in [5.41, 5.74) is 6.68. The van der Waals surface area contributed by atoms with Crippen molar-refractivity contribution in [2.24, 2.45) is 5.73 Å². The van der Waals surface area contributed by atoms with E-state index in [1.807, 2.05) is 0 Å². The lowest BCUT2D eigenvalue weighted by Crippen LogP contribution is -2.46. The predicted octanol–water partition coefficient (Wildman–Crippen LogP) is 1.32. The number of hydrogen-bond donors (Lipinski definition) is 1. The molecule has 1 aromatic carbocycles. The molecule has 4 heteroatoms. The van der Waals surface area contributed by atoms with Gasteiger partial charge in [-0.2, -0.15) is 0 Å². The van der Waals surface area contributed by atoms with Gasteiger partial charge in [0.05, 0.1) is 6.42 Å². The van der Waals surface area contributed by atoms with Crippen molar-refractivity contribution in [2.75, 3.05) is 13.1 Å². The van der Waals surface area contributed by atoms with Crippen molar-refractivity contribution in [3.05, 3.63) is 35.6 Å². The zero-order valence-corrected chi connectivity index (χ0v) is 9.73. The van der Waals surface area contributed by atoms with Gasteiger partial charge < -0.3 is 10.6 Å². The largest absolute Gasteiger partial charge is 0.341 e. The molecule has 1 aliphatic heterocycles. The highest BCUT2D eigenvalue weighted by Crippen LogP contribution is 2.11. The minimum atomic E-state index is -0.277. The van der Waals surface area contributed by atoms with Gasteiger partial charge in [0, 0.05) is 19.1 Å². The maximum Gasteiger partial charge on any atom is 0.227 e. The van der Waals surface area contributed by atoms with E-state index in [0.29, 0.717) is 13.0 Å². The average molecular weight is 236 g/mol. The Balaban J connectivity index is 1.94. The van der Waals surface area contributed by atoms with Gasteiger partial charge in [0.1, 0.15) is 5.82 Å². The highest BCUT2D eigenvalue weighted by molar-refractivity contribution is 5.78. The Bertz CT molecular complexity index is 391. The summed E-state index contributed by atoms with van der Waals surface area (Å²) < 4.78 is 12.7. The summed E-state index contributed by atoms with van der Waals surface area (Å²) >= 11 is 0. The standard InChI is InChI=1S/C13H17FN2O/c14-11-5-3-10(4-6-11)8-13(17)16-7-1-2-12(15)9-16/h3-6,12H,1-2,7-9,15H2. The number of likely N-dealkylation sites (tertiary alicyclic amines) is 1. The summed E-state index contributed by atoms with van der Waals surface area (Å²) in [4.78, 5) is 13.8. The second kappa shape index (κ2) is 5.27. The van der Waals surface area contributed by atoms with Crippen LogP contribution in [0.5, 0.6) is 0 Å². The molecule has 0 radical (unpaired) electrons. The third kappa shape index (κ3) is 3.27. The molecule has 1 heterocycles. The summed E-state index contributed by atoms with van der Waals surface area (Å²) in [6, 6.07) is 6.16. The quantitative estimate of drug-likeness (QED) is 0.841. The molecular formula is C13H17FN2O. The van der Waals surface area contributed by atoms with Gasteiger partial charge in [-0.05, 0) is 30.5 Å². The molecule has 1 atom stereocenters. The number of halogens is 1. The molecule has 0 spiro atoms. The number of piperidine rings is 1. The van der Waals surface area contributed by atoms with Crippen LogP contribution in [0.1, 0.15) is 18.4 Å². The molecule has 0 aliphatic carbocycles. The SMILES string of the molecule is NC1CCCN(C(=O)Cc2ccc(F)cc2)C1. The summed E-state index contributed by atoms with van der Waals surface area (Å²) in [6.45, 7) is 1.42. The number of nitrogens with two attached hydrogens (primary N) is 1. The van der Waals surface area contributed by atoms with Crippen molar-refractivity contribution in [1.29, 1.82) is 0 Å². The fourth-order valence-corrected chi connectivity index (χ4v) is 2.13. The van der Waals surface area contributed by atoms with E-state index in [1.54, 1.807) is 17.0 Å². The van der Waals surface area contributed by atoms with Crippen LogP contribution in [0.15, 0.2) is 24.3 Å². The van der Waals surface area contributed by atoms with Gasteiger partial charge in [0.25, 0.3) is 0 Å². The number of hydrogen-bond acceptors (Lipinski definition) is 2. The van der Waals surface area contributed by atoms with Crippen LogP contribution in [-0.4, -0.2) is 29.9 Å². The molecule has 1 saturated heterocycles. The average Bonchev–Trinajstić information content (AvgIpc) is 2.32. The second-order valence-electron chi connectivity index (χ2n) is 4.55. The van der Waals surface area contributed by atoms with E-state index in [1.165, 1.54) is 12.1 Å². The highest BCUT2D eigenvalue weighted by atomic mass is 19.1. The molecule has 0 saturated carbocycles. The molecule has 0 bridgehead atoms. The molecule has 2 rings (SSSR count). The van der Waals surface area contributed by atoms with Gasteiger partial charge >= 0.3 is 0 Å². The Morgan fingerprint density at radius 1 is 1.41 bits per heavy atom. The third-order valence-electron chi connectivity index (χ3n) is 3.08. The maximum absolute atomic E-state index is 12.7. The van der Waals surface area contributed by atoms with Crippen LogP contribution in [0.2, 0.25) is 0 Å². The molecule has 1 unspecified atom stereocenters.